The summed E-state index contributed by atoms with van der Waals surface area (Å²) in [4.78, 5) is 3.95. The first-order chi connectivity index (χ1) is 6.55. The van der Waals surface area contributed by atoms with E-state index in [2.05, 4.69) is 18.8 Å². The van der Waals surface area contributed by atoms with Gasteiger partial charge in [-0.1, -0.05) is 24.9 Å². The molecule has 0 fully saturated rings. The molecule has 0 aliphatic carbocycles. The molecule has 0 saturated heterocycles. The minimum absolute atomic E-state index is 0.167. The Morgan fingerprint density at radius 1 is 1.57 bits per heavy atom. The standard InChI is InChI=1S/C11H17ClN2/c1-3-5-11(2,13)7-9-4-6-14-8-10(9)12/h4,6,8H,3,5,7,13H2,1-2H3. The highest BCUT2D eigenvalue weighted by Crippen LogP contribution is 2.21. The van der Waals surface area contributed by atoms with Crippen LogP contribution in [-0.4, -0.2) is 10.5 Å². The van der Waals surface area contributed by atoms with Crippen LogP contribution in [0.3, 0.4) is 0 Å². The molecule has 3 heteroatoms. The number of rotatable bonds is 4. The SMILES string of the molecule is CCCC(C)(N)Cc1ccncc1Cl. The summed E-state index contributed by atoms with van der Waals surface area (Å²) in [5.74, 6) is 0. The van der Waals surface area contributed by atoms with Gasteiger partial charge in [0.2, 0.25) is 0 Å². The molecule has 14 heavy (non-hydrogen) atoms. The lowest BCUT2D eigenvalue weighted by Gasteiger charge is -2.24. The lowest BCUT2D eigenvalue weighted by molar-refractivity contribution is 0.424. The number of hydrogen-bond acceptors (Lipinski definition) is 2. The van der Waals surface area contributed by atoms with E-state index in [0.29, 0.717) is 5.02 Å². The van der Waals surface area contributed by atoms with Crippen LogP contribution in [0.15, 0.2) is 18.5 Å². The van der Waals surface area contributed by atoms with Crippen molar-refractivity contribution in [1.82, 2.24) is 4.98 Å². The van der Waals surface area contributed by atoms with Gasteiger partial charge in [-0.2, -0.15) is 0 Å². The van der Waals surface area contributed by atoms with E-state index < -0.39 is 0 Å². The second-order valence-electron chi connectivity index (χ2n) is 4.05. The Balaban J connectivity index is 2.73. The maximum absolute atomic E-state index is 6.15. The fourth-order valence-electron chi connectivity index (χ4n) is 1.64. The first-order valence-electron chi connectivity index (χ1n) is 4.92. The summed E-state index contributed by atoms with van der Waals surface area (Å²) in [6, 6.07) is 1.93. The molecule has 1 unspecified atom stereocenters. The Bertz CT molecular complexity index is 297. The van der Waals surface area contributed by atoms with Crippen molar-refractivity contribution in [3.8, 4) is 0 Å². The molecule has 1 aromatic rings. The van der Waals surface area contributed by atoms with Gasteiger partial charge >= 0.3 is 0 Å². The molecule has 1 atom stereocenters. The Morgan fingerprint density at radius 3 is 2.86 bits per heavy atom. The van der Waals surface area contributed by atoms with Crippen LogP contribution < -0.4 is 5.73 Å². The van der Waals surface area contributed by atoms with Gasteiger partial charge < -0.3 is 5.73 Å². The molecule has 0 spiro atoms. The number of halogens is 1. The van der Waals surface area contributed by atoms with E-state index in [0.717, 1.165) is 24.8 Å². The van der Waals surface area contributed by atoms with Crippen LogP contribution in [-0.2, 0) is 6.42 Å². The fraction of sp³-hybridized carbons (Fsp3) is 0.545. The van der Waals surface area contributed by atoms with E-state index in [1.165, 1.54) is 0 Å². The largest absolute Gasteiger partial charge is 0.325 e. The predicted octanol–water partition coefficient (Wildman–Crippen LogP) is 2.80. The van der Waals surface area contributed by atoms with Gasteiger partial charge in [-0.05, 0) is 31.4 Å². The maximum Gasteiger partial charge on any atom is 0.0621 e. The highest BCUT2D eigenvalue weighted by molar-refractivity contribution is 6.31. The molecule has 1 aromatic heterocycles. The Hall–Kier alpha value is -0.600. The first-order valence-corrected chi connectivity index (χ1v) is 5.30. The Labute approximate surface area is 90.5 Å². The molecular weight excluding hydrogens is 196 g/mol. The van der Waals surface area contributed by atoms with Gasteiger partial charge in [0.05, 0.1) is 5.02 Å². The van der Waals surface area contributed by atoms with Gasteiger partial charge in [0.15, 0.2) is 0 Å². The molecular formula is C11H17ClN2. The molecule has 2 N–H and O–H groups in total. The van der Waals surface area contributed by atoms with Gasteiger partial charge in [0, 0.05) is 17.9 Å². The van der Waals surface area contributed by atoms with E-state index in [-0.39, 0.29) is 5.54 Å². The van der Waals surface area contributed by atoms with Gasteiger partial charge in [-0.25, -0.2) is 0 Å². The summed E-state index contributed by atoms with van der Waals surface area (Å²) < 4.78 is 0. The second-order valence-corrected chi connectivity index (χ2v) is 4.46. The highest BCUT2D eigenvalue weighted by atomic mass is 35.5. The summed E-state index contributed by atoms with van der Waals surface area (Å²) in [5, 5.41) is 0.709. The average molecular weight is 213 g/mol. The van der Waals surface area contributed by atoms with Crippen molar-refractivity contribution in [2.24, 2.45) is 5.73 Å². The fourth-order valence-corrected chi connectivity index (χ4v) is 1.83. The highest BCUT2D eigenvalue weighted by Gasteiger charge is 2.18. The average Bonchev–Trinajstić information content (AvgIpc) is 2.08. The van der Waals surface area contributed by atoms with Gasteiger partial charge in [-0.15, -0.1) is 0 Å². The van der Waals surface area contributed by atoms with E-state index in [1.807, 2.05) is 6.07 Å². The zero-order valence-electron chi connectivity index (χ0n) is 8.76. The van der Waals surface area contributed by atoms with Crippen molar-refractivity contribution in [3.63, 3.8) is 0 Å². The zero-order chi connectivity index (χ0) is 10.6. The number of aromatic nitrogens is 1. The topological polar surface area (TPSA) is 38.9 Å². The lowest BCUT2D eigenvalue weighted by Crippen LogP contribution is -2.38. The summed E-state index contributed by atoms with van der Waals surface area (Å²) in [6.45, 7) is 4.20. The van der Waals surface area contributed by atoms with Crippen molar-refractivity contribution in [3.05, 3.63) is 29.0 Å². The van der Waals surface area contributed by atoms with E-state index in [9.17, 15) is 0 Å². The van der Waals surface area contributed by atoms with Crippen molar-refractivity contribution >= 4 is 11.6 Å². The Kier molecular flexibility index (Phi) is 3.90. The van der Waals surface area contributed by atoms with Crippen LogP contribution in [0, 0.1) is 0 Å². The van der Waals surface area contributed by atoms with E-state index in [1.54, 1.807) is 12.4 Å². The van der Waals surface area contributed by atoms with Gasteiger partial charge in [0.1, 0.15) is 0 Å². The van der Waals surface area contributed by atoms with Crippen LogP contribution in [0.5, 0.6) is 0 Å². The molecule has 1 heterocycles. The predicted molar refractivity (Wildman–Crippen MR) is 60.5 cm³/mol. The first kappa shape index (κ1) is 11.5. The molecule has 0 radical (unpaired) electrons. The van der Waals surface area contributed by atoms with Crippen molar-refractivity contribution < 1.29 is 0 Å². The Morgan fingerprint density at radius 2 is 2.29 bits per heavy atom. The molecule has 0 saturated carbocycles. The van der Waals surface area contributed by atoms with E-state index >= 15 is 0 Å². The van der Waals surface area contributed by atoms with Crippen LogP contribution >= 0.6 is 11.6 Å². The maximum atomic E-state index is 6.15. The van der Waals surface area contributed by atoms with Crippen molar-refractivity contribution in [2.45, 2.75) is 38.6 Å². The minimum Gasteiger partial charge on any atom is -0.325 e. The quantitative estimate of drug-likeness (QED) is 0.834. The van der Waals surface area contributed by atoms with Crippen molar-refractivity contribution in [2.75, 3.05) is 0 Å². The lowest BCUT2D eigenvalue weighted by atomic mass is 9.90. The normalized spacial score (nSPS) is 15.1. The smallest absolute Gasteiger partial charge is 0.0621 e. The molecule has 2 nitrogen and oxygen atoms in total. The zero-order valence-corrected chi connectivity index (χ0v) is 9.51. The van der Waals surface area contributed by atoms with Crippen LogP contribution in [0.2, 0.25) is 5.02 Å². The van der Waals surface area contributed by atoms with Crippen LogP contribution in [0.1, 0.15) is 32.3 Å². The number of hydrogen-bond donors (Lipinski definition) is 1. The third kappa shape index (κ3) is 3.28. The minimum atomic E-state index is -0.167. The summed E-state index contributed by atoms with van der Waals surface area (Å²) >= 11 is 6.01. The molecule has 0 aliphatic rings. The number of pyridine rings is 1. The third-order valence-electron chi connectivity index (χ3n) is 2.27. The summed E-state index contributed by atoms with van der Waals surface area (Å²) in [7, 11) is 0. The van der Waals surface area contributed by atoms with E-state index in [4.69, 9.17) is 17.3 Å². The summed E-state index contributed by atoms with van der Waals surface area (Å²) in [5.41, 5.74) is 7.07. The third-order valence-corrected chi connectivity index (χ3v) is 2.61. The molecule has 0 aliphatic heterocycles. The van der Waals surface area contributed by atoms with Crippen LogP contribution in [0.4, 0.5) is 0 Å². The molecule has 0 amide bonds. The van der Waals surface area contributed by atoms with Gasteiger partial charge in [-0.3, -0.25) is 4.98 Å². The second kappa shape index (κ2) is 4.76. The monoisotopic (exact) mass is 212 g/mol. The number of nitrogens with zero attached hydrogens (tertiary/aromatic N) is 1. The van der Waals surface area contributed by atoms with Crippen LogP contribution in [0.25, 0.3) is 0 Å². The molecule has 78 valence electrons. The van der Waals surface area contributed by atoms with Gasteiger partial charge in [0.25, 0.3) is 0 Å². The molecule has 1 rings (SSSR count). The summed E-state index contributed by atoms with van der Waals surface area (Å²) in [6.07, 6.45) is 6.33. The van der Waals surface area contributed by atoms with Crippen molar-refractivity contribution in [1.29, 1.82) is 0 Å². The molecule has 0 aromatic carbocycles. The molecule has 0 bridgehead atoms. The number of nitrogens with two attached hydrogens (primary N) is 1.